The summed E-state index contributed by atoms with van der Waals surface area (Å²) in [6.07, 6.45) is 1.06. The molecule has 0 aliphatic heterocycles. The molecular formula is C13H18N2S. The smallest absolute Gasteiger partial charge is 0.105 e. The van der Waals surface area contributed by atoms with Crippen LogP contribution in [0.25, 0.3) is 0 Å². The zero-order valence-corrected chi connectivity index (χ0v) is 10.7. The molecule has 1 aromatic carbocycles. The van der Waals surface area contributed by atoms with Gasteiger partial charge in [-0.15, -0.1) is 11.8 Å². The number of hydrogen-bond acceptors (Lipinski definition) is 3. The highest BCUT2D eigenvalue weighted by atomic mass is 32.2. The zero-order valence-electron chi connectivity index (χ0n) is 9.86. The number of nitrogens with one attached hydrogen (secondary N) is 1. The minimum Gasteiger partial charge on any atom is -0.301 e. The fraction of sp³-hybridized carbons (Fsp3) is 0.462. The molecule has 16 heavy (non-hydrogen) atoms. The van der Waals surface area contributed by atoms with E-state index >= 15 is 0 Å². The SMILES string of the molecule is CCCNC(C#N)CSc1ccc(C)cc1. The molecule has 0 saturated heterocycles. The van der Waals surface area contributed by atoms with Crippen LogP contribution in [0.4, 0.5) is 0 Å². The average Bonchev–Trinajstić information content (AvgIpc) is 2.32. The van der Waals surface area contributed by atoms with Crippen molar-refractivity contribution in [3.63, 3.8) is 0 Å². The van der Waals surface area contributed by atoms with Crippen molar-refractivity contribution < 1.29 is 0 Å². The second-order valence-electron chi connectivity index (χ2n) is 3.76. The van der Waals surface area contributed by atoms with Gasteiger partial charge in [-0.1, -0.05) is 24.6 Å². The third-order valence-corrected chi connectivity index (χ3v) is 3.34. The standard InChI is InChI=1S/C13H18N2S/c1-3-8-15-12(9-14)10-16-13-6-4-11(2)5-7-13/h4-7,12,15H,3,8,10H2,1-2H3. The van der Waals surface area contributed by atoms with Crippen LogP contribution in [0.15, 0.2) is 29.2 Å². The van der Waals surface area contributed by atoms with Crippen LogP contribution < -0.4 is 5.32 Å². The first-order valence-electron chi connectivity index (χ1n) is 5.58. The van der Waals surface area contributed by atoms with E-state index in [1.807, 2.05) is 0 Å². The van der Waals surface area contributed by atoms with Gasteiger partial charge in [0.15, 0.2) is 0 Å². The third-order valence-electron chi connectivity index (χ3n) is 2.23. The van der Waals surface area contributed by atoms with Crippen molar-refractivity contribution >= 4 is 11.8 Å². The molecule has 3 heteroatoms. The Morgan fingerprint density at radius 2 is 2.06 bits per heavy atom. The Hall–Kier alpha value is -0.980. The second kappa shape index (κ2) is 7.32. The molecular weight excluding hydrogens is 216 g/mol. The Labute approximate surface area is 102 Å². The second-order valence-corrected chi connectivity index (χ2v) is 4.85. The summed E-state index contributed by atoms with van der Waals surface area (Å²) in [5.74, 6) is 0.805. The topological polar surface area (TPSA) is 35.8 Å². The molecule has 1 rings (SSSR count). The van der Waals surface area contributed by atoms with Gasteiger partial charge < -0.3 is 5.32 Å². The first-order chi connectivity index (χ1) is 7.76. The molecule has 0 amide bonds. The van der Waals surface area contributed by atoms with E-state index in [9.17, 15) is 0 Å². The van der Waals surface area contributed by atoms with Crippen LogP contribution in [0, 0.1) is 18.3 Å². The Morgan fingerprint density at radius 3 is 2.62 bits per heavy atom. The summed E-state index contributed by atoms with van der Waals surface area (Å²) >= 11 is 1.73. The lowest BCUT2D eigenvalue weighted by Crippen LogP contribution is -2.30. The minimum atomic E-state index is -0.0498. The molecule has 0 fully saturated rings. The van der Waals surface area contributed by atoms with Crippen LogP contribution in [-0.2, 0) is 0 Å². The largest absolute Gasteiger partial charge is 0.301 e. The first kappa shape index (κ1) is 13.1. The van der Waals surface area contributed by atoms with Gasteiger partial charge in [0.1, 0.15) is 6.04 Å². The van der Waals surface area contributed by atoms with Gasteiger partial charge in [-0.3, -0.25) is 0 Å². The van der Waals surface area contributed by atoms with Crippen LogP contribution in [0.3, 0.4) is 0 Å². The minimum absolute atomic E-state index is 0.0498. The van der Waals surface area contributed by atoms with Gasteiger partial charge in [0.05, 0.1) is 6.07 Å². The summed E-state index contributed by atoms with van der Waals surface area (Å²) in [5.41, 5.74) is 1.27. The molecule has 1 N–H and O–H groups in total. The number of rotatable bonds is 6. The summed E-state index contributed by atoms with van der Waals surface area (Å²) < 4.78 is 0. The fourth-order valence-corrected chi connectivity index (χ4v) is 2.15. The van der Waals surface area contributed by atoms with Gasteiger partial charge in [0.2, 0.25) is 0 Å². The predicted molar refractivity (Wildman–Crippen MR) is 69.6 cm³/mol. The Bertz CT molecular complexity index is 340. The maximum Gasteiger partial charge on any atom is 0.105 e. The van der Waals surface area contributed by atoms with Crippen LogP contribution in [0.5, 0.6) is 0 Å². The normalized spacial score (nSPS) is 12.1. The molecule has 1 atom stereocenters. The highest BCUT2D eigenvalue weighted by molar-refractivity contribution is 7.99. The average molecular weight is 234 g/mol. The summed E-state index contributed by atoms with van der Waals surface area (Å²) in [4.78, 5) is 1.23. The van der Waals surface area contributed by atoms with Gasteiger partial charge in [-0.2, -0.15) is 5.26 Å². The van der Waals surface area contributed by atoms with Crippen molar-refractivity contribution in [3.05, 3.63) is 29.8 Å². The predicted octanol–water partition coefficient (Wildman–Crippen LogP) is 2.98. The summed E-state index contributed by atoms with van der Waals surface area (Å²) in [6, 6.07) is 10.6. The van der Waals surface area contributed by atoms with Crippen molar-refractivity contribution in [2.45, 2.75) is 31.2 Å². The number of thioether (sulfide) groups is 1. The van der Waals surface area contributed by atoms with Gasteiger partial charge >= 0.3 is 0 Å². The number of nitriles is 1. The Morgan fingerprint density at radius 1 is 1.38 bits per heavy atom. The third kappa shape index (κ3) is 4.69. The van der Waals surface area contributed by atoms with E-state index < -0.39 is 0 Å². The summed E-state index contributed by atoms with van der Waals surface area (Å²) in [6.45, 7) is 5.09. The molecule has 0 aromatic heterocycles. The van der Waals surface area contributed by atoms with E-state index in [0.717, 1.165) is 18.7 Å². The lowest BCUT2D eigenvalue weighted by Gasteiger charge is -2.10. The Kier molecular flexibility index (Phi) is 5.99. The van der Waals surface area contributed by atoms with Crippen LogP contribution in [0.2, 0.25) is 0 Å². The molecule has 0 bridgehead atoms. The van der Waals surface area contributed by atoms with Crippen LogP contribution in [-0.4, -0.2) is 18.3 Å². The van der Waals surface area contributed by atoms with Gasteiger partial charge in [0, 0.05) is 10.6 Å². The van der Waals surface area contributed by atoms with Crippen LogP contribution >= 0.6 is 11.8 Å². The van der Waals surface area contributed by atoms with Crippen LogP contribution in [0.1, 0.15) is 18.9 Å². The number of aryl methyl sites for hydroxylation is 1. The number of hydrogen-bond donors (Lipinski definition) is 1. The molecule has 0 aliphatic rings. The number of nitrogens with zero attached hydrogens (tertiary/aromatic N) is 1. The molecule has 0 radical (unpaired) electrons. The molecule has 86 valence electrons. The molecule has 0 saturated carbocycles. The molecule has 0 heterocycles. The van der Waals surface area contributed by atoms with Crippen molar-refractivity contribution in [1.29, 1.82) is 5.26 Å². The first-order valence-corrected chi connectivity index (χ1v) is 6.57. The maximum absolute atomic E-state index is 8.95. The summed E-state index contributed by atoms with van der Waals surface area (Å²) in [5, 5.41) is 12.2. The molecule has 2 nitrogen and oxygen atoms in total. The van der Waals surface area contributed by atoms with E-state index in [4.69, 9.17) is 5.26 Å². The fourth-order valence-electron chi connectivity index (χ4n) is 1.27. The van der Waals surface area contributed by atoms with Crippen molar-refractivity contribution in [2.75, 3.05) is 12.3 Å². The molecule has 1 aromatic rings. The van der Waals surface area contributed by atoms with Gasteiger partial charge in [-0.25, -0.2) is 0 Å². The Balaban J connectivity index is 2.38. The van der Waals surface area contributed by atoms with E-state index in [0.29, 0.717) is 0 Å². The molecule has 1 unspecified atom stereocenters. The van der Waals surface area contributed by atoms with Gasteiger partial charge in [0.25, 0.3) is 0 Å². The van der Waals surface area contributed by atoms with E-state index in [2.05, 4.69) is 49.5 Å². The lowest BCUT2D eigenvalue weighted by molar-refractivity contribution is 0.637. The molecule has 0 spiro atoms. The van der Waals surface area contributed by atoms with E-state index in [-0.39, 0.29) is 6.04 Å². The zero-order chi connectivity index (χ0) is 11.8. The molecule has 0 aliphatic carbocycles. The lowest BCUT2D eigenvalue weighted by atomic mass is 10.2. The van der Waals surface area contributed by atoms with Crippen molar-refractivity contribution in [3.8, 4) is 6.07 Å². The van der Waals surface area contributed by atoms with Crippen molar-refractivity contribution in [1.82, 2.24) is 5.32 Å². The maximum atomic E-state index is 8.95. The highest BCUT2D eigenvalue weighted by Gasteiger charge is 2.06. The number of benzene rings is 1. The monoisotopic (exact) mass is 234 g/mol. The van der Waals surface area contributed by atoms with Gasteiger partial charge in [-0.05, 0) is 32.0 Å². The van der Waals surface area contributed by atoms with E-state index in [1.165, 1.54) is 10.5 Å². The quantitative estimate of drug-likeness (QED) is 0.769. The van der Waals surface area contributed by atoms with Crippen molar-refractivity contribution in [2.24, 2.45) is 0 Å². The summed E-state index contributed by atoms with van der Waals surface area (Å²) in [7, 11) is 0. The van der Waals surface area contributed by atoms with E-state index in [1.54, 1.807) is 11.8 Å². The highest BCUT2D eigenvalue weighted by Crippen LogP contribution is 2.18.